The normalized spacial score (nSPS) is 16.1. The topological polar surface area (TPSA) is 68.0 Å². The van der Waals surface area contributed by atoms with Crippen molar-refractivity contribution in [3.05, 3.63) is 41.8 Å². The zero-order chi connectivity index (χ0) is 16.4. The smallest absolute Gasteiger partial charge is 0.277 e. The van der Waals surface area contributed by atoms with Gasteiger partial charge in [0.2, 0.25) is 11.8 Å². The lowest BCUT2D eigenvalue weighted by Crippen LogP contribution is -2.29. The number of nitrogens with zero attached hydrogens (tertiary/aromatic N) is 2. The van der Waals surface area contributed by atoms with Crippen LogP contribution in [0.3, 0.4) is 0 Å². The van der Waals surface area contributed by atoms with E-state index in [2.05, 4.69) is 15.5 Å². The van der Waals surface area contributed by atoms with Gasteiger partial charge in [0.25, 0.3) is 5.22 Å². The zero-order valence-electron chi connectivity index (χ0n) is 13.6. The molecule has 0 spiro atoms. The van der Waals surface area contributed by atoms with Crippen molar-refractivity contribution >= 4 is 17.7 Å². The number of carbonyl (C=O) groups is 1. The van der Waals surface area contributed by atoms with Gasteiger partial charge in [-0.15, -0.1) is 10.2 Å². The molecule has 23 heavy (non-hydrogen) atoms. The average molecular weight is 331 g/mol. The summed E-state index contributed by atoms with van der Waals surface area (Å²) in [5.74, 6) is 0.577. The Morgan fingerprint density at radius 3 is 2.52 bits per heavy atom. The summed E-state index contributed by atoms with van der Waals surface area (Å²) in [6, 6.07) is 10.0. The molecule has 0 radical (unpaired) electrons. The van der Waals surface area contributed by atoms with Gasteiger partial charge in [-0.05, 0) is 30.2 Å². The first-order valence-corrected chi connectivity index (χ1v) is 8.67. The summed E-state index contributed by atoms with van der Waals surface area (Å²) in [4.78, 5) is 12.6. The fraction of sp³-hybridized carbons (Fsp3) is 0.471. The molecule has 1 amide bonds. The van der Waals surface area contributed by atoms with Crippen molar-refractivity contribution in [2.75, 3.05) is 0 Å². The predicted molar refractivity (Wildman–Crippen MR) is 89.2 cm³/mol. The maximum Gasteiger partial charge on any atom is 0.277 e. The van der Waals surface area contributed by atoms with E-state index in [1.807, 2.05) is 51.1 Å². The van der Waals surface area contributed by atoms with Gasteiger partial charge in [-0.2, -0.15) is 0 Å². The lowest BCUT2D eigenvalue weighted by molar-refractivity contribution is -0.120. The van der Waals surface area contributed by atoms with Crippen molar-refractivity contribution in [2.45, 2.75) is 55.5 Å². The maximum atomic E-state index is 12.6. The molecule has 1 atom stereocenters. The van der Waals surface area contributed by atoms with Crippen LogP contribution in [0.2, 0.25) is 0 Å². The minimum atomic E-state index is -0.384. The number of rotatable bonds is 5. The molecule has 1 aromatic carbocycles. The van der Waals surface area contributed by atoms with Crippen LogP contribution in [0, 0.1) is 0 Å². The van der Waals surface area contributed by atoms with Crippen molar-refractivity contribution in [1.82, 2.24) is 15.5 Å². The number of aromatic nitrogens is 2. The molecule has 1 saturated carbocycles. The van der Waals surface area contributed by atoms with Crippen LogP contribution in [-0.2, 0) is 10.2 Å². The second-order valence-electron chi connectivity index (χ2n) is 6.81. The van der Waals surface area contributed by atoms with Crippen molar-refractivity contribution in [2.24, 2.45) is 0 Å². The Morgan fingerprint density at radius 1 is 1.26 bits per heavy atom. The van der Waals surface area contributed by atoms with E-state index in [4.69, 9.17) is 4.42 Å². The molecule has 0 aliphatic heterocycles. The summed E-state index contributed by atoms with van der Waals surface area (Å²) in [7, 11) is 0. The highest BCUT2D eigenvalue weighted by Gasteiger charge is 2.31. The van der Waals surface area contributed by atoms with E-state index < -0.39 is 0 Å². The number of amides is 1. The summed E-state index contributed by atoms with van der Waals surface area (Å²) >= 11 is 1.30. The average Bonchev–Trinajstić information content (AvgIpc) is 3.18. The molecule has 1 fully saturated rings. The highest BCUT2D eigenvalue weighted by atomic mass is 32.2. The van der Waals surface area contributed by atoms with Crippen molar-refractivity contribution in [3.8, 4) is 0 Å². The number of nitrogens with one attached hydrogen (secondary N) is 1. The fourth-order valence-electron chi connectivity index (χ4n) is 2.07. The van der Waals surface area contributed by atoms with Gasteiger partial charge in [-0.1, -0.05) is 51.1 Å². The van der Waals surface area contributed by atoms with Crippen LogP contribution in [0.25, 0.3) is 0 Å². The van der Waals surface area contributed by atoms with Gasteiger partial charge in [0.1, 0.15) is 5.25 Å². The lowest BCUT2D eigenvalue weighted by Gasteiger charge is -2.15. The summed E-state index contributed by atoms with van der Waals surface area (Å²) < 4.78 is 5.73. The lowest BCUT2D eigenvalue weighted by atomic mass is 9.97. The van der Waals surface area contributed by atoms with Crippen LogP contribution < -0.4 is 5.32 Å². The number of benzene rings is 1. The standard InChI is InChI=1S/C17H21N3O2S/c1-17(2,3)15-19-20-16(22-15)23-13(11-7-5-4-6-8-11)14(21)18-12-9-10-12/h4-8,12-13H,9-10H2,1-3H3,(H,18,21)/t13-/m1/s1. The monoisotopic (exact) mass is 331 g/mol. The third-order valence-corrected chi connectivity index (χ3v) is 4.62. The van der Waals surface area contributed by atoms with Gasteiger partial charge < -0.3 is 9.73 Å². The third-order valence-electron chi connectivity index (χ3n) is 3.53. The molecule has 1 aliphatic carbocycles. The highest BCUT2D eigenvalue weighted by Crippen LogP contribution is 2.36. The second kappa shape index (κ2) is 6.35. The Kier molecular flexibility index (Phi) is 4.43. The van der Waals surface area contributed by atoms with Gasteiger partial charge in [0.15, 0.2) is 0 Å². The Morgan fingerprint density at radius 2 is 1.96 bits per heavy atom. The van der Waals surface area contributed by atoms with Crippen LogP contribution in [0.5, 0.6) is 0 Å². The molecule has 1 N–H and O–H groups in total. The molecular weight excluding hydrogens is 310 g/mol. The maximum absolute atomic E-state index is 12.6. The van der Waals surface area contributed by atoms with E-state index in [0.29, 0.717) is 17.2 Å². The van der Waals surface area contributed by atoms with Gasteiger partial charge in [-0.3, -0.25) is 4.79 Å². The van der Waals surface area contributed by atoms with E-state index >= 15 is 0 Å². The fourth-order valence-corrected chi connectivity index (χ4v) is 2.95. The quantitative estimate of drug-likeness (QED) is 0.850. The van der Waals surface area contributed by atoms with Crippen LogP contribution in [0.4, 0.5) is 0 Å². The molecular formula is C17H21N3O2S. The van der Waals surface area contributed by atoms with E-state index in [1.165, 1.54) is 11.8 Å². The van der Waals surface area contributed by atoms with E-state index in [9.17, 15) is 4.79 Å². The Hall–Kier alpha value is -1.82. The van der Waals surface area contributed by atoms with E-state index in [0.717, 1.165) is 18.4 Å². The first-order valence-electron chi connectivity index (χ1n) is 7.79. The first kappa shape index (κ1) is 16.1. The number of hydrogen-bond donors (Lipinski definition) is 1. The molecule has 5 nitrogen and oxygen atoms in total. The van der Waals surface area contributed by atoms with Gasteiger partial charge >= 0.3 is 0 Å². The highest BCUT2D eigenvalue weighted by molar-refractivity contribution is 8.00. The third kappa shape index (κ3) is 4.13. The van der Waals surface area contributed by atoms with Crippen molar-refractivity contribution < 1.29 is 9.21 Å². The number of carbonyl (C=O) groups excluding carboxylic acids is 1. The predicted octanol–water partition coefficient (Wildman–Crippen LogP) is 3.48. The molecule has 1 aromatic heterocycles. The summed E-state index contributed by atoms with van der Waals surface area (Å²) in [6.07, 6.45) is 2.12. The summed E-state index contributed by atoms with van der Waals surface area (Å²) in [5.41, 5.74) is 0.732. The molecule has 6 heteroatoms. The van der Waals surface area contributed by atoms with Gasteiger partial charge in [-0.25, -0.2) is 0 Å². The summed E-state index contributed by atoms with van der Waals surface area (Å²) in [6.45, 7) is 6.05. The van der Waals surface area contributed by atoms with E-state index in [-0.39, 0.29) is 16.6 Å². The molecule has 122 valence electrons. The van der Waals surface area contributed by atoms with Crippen LogP contribution in [-0.4, -0.2) is 22.1 Å². The molecule has 0 bridgehead atoms. The number of thioether (sulfide) groups is 1. The van der Waals surface area contributed by atoms with Gasteiger partial charge in [0.05, 0.1) is 0 Å². The second-order valence-corrected chi connectivity index (χ2v) is 7.87. The molecule has 1 heterocycles. The summed E-state index contributed by atoms with van der Waals surface area (Å²) in [5, 5.41) is 11.3. The molecule has 3 rings (SSSR count). The molecule has 0 unspecified atom stereocenters. The Balaban J connectivity index is 1.80. The molecule has 0 saturated heterocycles. The SMILES string of the molecule is CC(C)(C)c1nnc(S[C@@H](C(=O)NC2CC2)c2ccccc2)o1. The van der Waals surface area contributed by atoms with Crippen LogP contribution in [0.1, 0.15) is 50.3 Å². The molecule has 2 aromatic rings. The minimum Gasteiger partial charge on any atom is -0.415 e. The minimum absolute atomic E-state index is 0.000733. The number of hydrogen-bond acceptors (Lipinski definition) is 5. The van der Waals surface area contributed by atoms with E-state index in [1.54, 1.807) is 0 Å². The van der Waals surface area contributed by atoms with Crippen LogP contribution >= 0.6 is 11.8 Å². The van der Waals surface area contributed by atoms with Gasteiger partial charge in [0, 0.05) is 11.5 Å². The van der Waals surface area contributed by atoms with Crippen molar-refractivity contribution in [1.29, 1.82) is 0 Å². The largest absolute Gasteiger partial charge is 0.415 e. The van der Waals surface area contributed by atoms with Crippen molar-refractivity contribution in [3.63, 3.8) is 0 Å². The molecule has 1 aliphatic rings. The first-order chi connectivity index (χ1) is 10.9. The zero-order valence-corrected chi connectivity index (χ0v) is 14.4. The van der Waals surface area contributed by atoms with Crippen LogP contribution in [0.15, 0.2) is 40.0 Å². The Labute approximate surface area is 140 Å². The Bertz CT molecular complexity index is 675.